The fourth-order valence-electron chi connectivity index (χ4n) is 3.44. The molecule has 0 heterocycles. The molecule has 2 heteroatoms. The van der Waals surface area contributed by atoms with Gasteiger partial charge in [-0.3, -0.25) is 6.08 Å². The molecular weight excluding hydrogens is 516 g/mol. The van der Waals surface area contributed by atoms with Crippen molar-refractivity contribution in [3.05, 3.63) is 156 Å². The van der Waals surface area contributed by atoms with Crippen molar-refractivity contribution < 1.29 is 23.3 Å². The number of rotatable bonds is 1. The number of allylic oxidation sites excluding steroid dienone is 4. The number of hydrogen-bond acceptors (Lipinski definition) is 0. The molecule has 4 aromatic carbocycles. The van der Waals surface area contributed by atoms with Crippen LogP contribution in [0.15, 0.2) is 115 Å². The maximum Gasteiger partial charge on any atom is -0.171 e. The van der Waals surface area contributed by atoms with Crippen LogP contribution in [-0.2, 0) is 29.8 Å². The minimum atomic E-state index is 0.564. The van der Waals surface area contributed by atoms with Gasteiger partial charge in [0.2, 0.25) is 0 Å². The molecule has 2 aliphatic rings. The average Bonchev–Trinajstić information content (AvgIpc) is 3.64. The quantitative estimate of drug-likeness (QED) is 0.148. The summed E-state index contributed by atoms with van der Waals surface area (Å²) in [7, 11) is 0. The maximum absolute atomic E-state index is 3.57. The van der Waals surface area contributed by atoms with Gasteiger partial charge >= 0.3 is 30.2 Å². The summed E-state index contributed by atoms with van der Waals surface area (Å²) in [4.78, 5) is 0. The SMILES string of the molecule is CC(C)c1[c-]c2c(cc1)-c1ccccc1C2.[C-]1=CC=CC1.[Si]=[Zr].[c-]1ccccc1.[c-]1ccccc1. The first-order valence-corrected chi connectivity index (χ1v) is 15.9. The summed E-state index contributed by atoms with van der Waals surface area (Å²) in [6.45, 7) is 7.51. The predicted molar refractivity (Wildman–Crippen MR) is 145 cm³/mol. The first kappa shape index (κ1) is 28.7. The smallest absolute Gasteiger partial charge is 0.171 e. The standard InChI is InChI=1S/C16H15.2C6H5.C5H5.Si.Zr/c1-11(2)12-7-8-16-14(9-12)10-13-5-3-4-6-15(13)16;2*1-2-4-6-5-3-1;1-2-4-5-3-1;;/h3-8,11H,10H2,1-2H3;2*1-5H;1-3H,4H2;;/q4*-1;;. The van der Waals surface area contributed by atoms with Gasteiger partial charge in [-0.25, -0.2) is 12.2 Å². The second-order valence-corrected chi connectivity index (χ2v) is 7.95. The van der Waals surface area contributed by atoms with E-state index in [0.29, 0.717) is 5.92 Å². The Morgan fingerprint density at radius 2 is 1.37 bits per heavy atom. The van der Waals surface area contributed by atoms with Crippen molar-refractivity contribution in [3.63, 3.8) is 0 Å². The van der Waals surface area contributed by atoms with Gasteiger partial charge in [0.1, 0.15) is 0 Å². The summed E-state index contributed by atoms with van der Waals surface area (Å²) >= 11 is 1.36. The molecule has 0 saturated carbocycles. The normalized spacial score (nSPS) is 11.1. The molecule has 0 bridgehead atoms. The van der Waals surface area contributed by atoms with Gasteiger partial charge < -0.3 is 0 Å². The van der Waals surface area contributed by atoms with Crippen molar-refractivity contribution in [2.45, 2.75) is 32.6 Å². The molecule has 0 unspecified atom stereocenters. The molecule has 0 spiro atoms. The Morgan fingerprint density at radius 1 is 0.743 bits per heavy atom. The van der Waals surface area contributed by atoms with E-state index in [9.17, 15) is 0 Å². The molecule has 2 aliphatic carbocycles. The van der Waals surface area contributed by atoms with Crippen LogP contribution in [0.3, 0.4) is 0 Å². The van der Waals surface area contributed by atoms with Gasteiger partial charge in [-0.05, 0) is 12.3 Å². The third-order valence-corrected chi connectivity index (χ3v) is 5.15. The third-order valence-electron chi connectivity index (χ3n) is 5.15. The monoisotopic (exact) mass is 544 g/mol. The summed E-state index contributed by atoms with van der Waals surface area (Å²) in [5, 5.41) is 0. The van der Waals surface area contributed by atoms with Crippen LogP contribution in [0, 0.1) is 24.3 Å². The summed E-state index contributed by atoms with van der Waals surface area (Å²) in [6.07, 6.45) is 11.0. The average molecular weight is 546 g/mol. The molecule has 0 amide bonds. The third kappa shape index (κ3) is 10.7. The second kappa shape index (κ2) is 17.8. The van der Waals surface area contributed by atoms with Gasteiger partial charge in [0.25, 0.3) is 0 Å². The predicted octanol–water partition coefficient (Wildman–Crippen LogP) is 8.08. The van der Waals surface area contributed by atoms with E-state index in [4.69, 9.17) is 0 Å². The first-order chi connectivity index (χ1) is 17.3. The van der Waals surface area contributed by atoms with E-state index in [2.05, 4.69) is 87.5 Å². The van der Waals surface area contributed by atoms with Crippen LogP contribution in [-0.4, -0.2) is 6.88 Å². The van der Waals surface area contributed by atoms with Crippen molar-refractivity contribution >= 4 is 6.88 Å². The molecule has 0 N–H and O–H groups in total. The van der Waals surface area contributed by atoms with Crippen molar-refractivity contribution in [2.24, 2.45) is 0 Å². The fraction of sp³-hybridized carbons (Fsp3) is 0.152. The van der Waals surface area contributed by atoms with Gasteiger partial charge in [0.15, 0.2) is 0 Å². The van der Waals surface area contributed by atoms with Gasteiger partial charge in [0, 0.05) is 0 Å². The van der Waals surface area contributed by atoms with Gasteiger partial charge in [-0.1, -0.05) is 49.2 Å². The Labute approximate surface area is 229 Å². The summed E-state index contributed by atoms with van der Waals surface area (Å²) in [5.74, 6) is 0.564. The van der Waals surface area contributed by atoms with E-state index >= 15 is 0 Å². The second-order valence-electron chi connectivity index (χ2n) is 7.95. The minimum absolute atomic E-state index is 0.564. The topological polar surface area (TPSA) is 0 Å². The van der Waals surface area contributed by atoms with Crippen molar-refractivity contribution in [2.75, 3.05) is 0 Å². The first-order valence-electron chi connectivity index (χ1n) is 11.7. The number of hydrogen-bond donors (Lipinski definition) is 0. The Hall–Kier alpha value is -2.54. The number of fused-ring (bicyclic) bond motifs is 3. The van der Waals surface area contributed by atoms with Crippen LogP contribution in [0.5, 0.6) is 0 Å². The summed E-state index contributed by atoms with van der Waals surface area (Å²) < 4.78 is 0. The molecule has 4 aromatic rings. The van der Waals surface area contributed by atoms with Crippen molar-refractivity contribution in [1.29, 1.82) is 0 Å². The molecule has 0 nitrogen and oxygen atoms in total. The van der Waals surface area contributed by atoms with Crippen LogP contribution in [0.4, 0.5) is 0 Å². The molecule has 0 aliphatic heterocycles. The largest absolute Gasteiger partial charge is 0.184 e. The number of benzene rings is 4. The molecule has 6 rings (SSSR count). The zero-order valence-corrected chi connectivity index (χ0v) is 23.9. The van der Waals surface area contributed by atoms with E-state index in [-0.39, 0.29) is 0 Å². The van der Waals surface area contributed by atoms with Crippen LogP contribution in [0.1, 0.15) is 42.9 Å². The van der Waals surface area contributed by atoms with Gasteiger partial charge in [0.05, 0.1) is 0 Å². The van der Waals surface area contributed by atoms with E-state index in [1.807, 2.05) is 72.8 Å². The van der Waals surface area contributed by atoms with Crippen LogP contribution >= 0.6 is 0 Å². The van der Waals surface area contributed by atoms with E-state index in [1.165, 1.54) is 51.2 Å². The Morgan fingerprint density at radius 3 is 1.80 bits per heavy atom. The van der Waals surface area contributed by atoms with Gasteiger partial charge in [-0.2, -0.15) is 103 Å². The Balaban J connectivity index is 0.000000187. The molecule has 0 atom stereocenters. The van der Waals surface area contributed by atoms with Crippen LogP contribution in [0.2, 0.25) is 0 Å². The van der Waals surface area contributed by atoms with E-state index in [0.717, 1.165) is 12.8 Å². The van der Waals surface area contributed by atoms with Crippen LogP contribution in [0.25, 0.3) is 11.1 Å². The Bertz CT molecular complexity index is 1050. The molecule has 174 valence electrons. The molecule has 35 heavy (non-hydrogen) atoms. The van der Waals surface area contributed by atoms with Crippen molar-refractivity contribution in [3.8, 4) is 11.1 Å². The summed E-state index contributed by atoms with van der Waals surface area (Å²) in [6, 6.07) is 41.7. The van der Waals surface area contributed by atoms with Crippen LogP contribution < -0.4 is 0 Å². The Kier molecular flexibility index (Phi) is 14.6. The molecule has 2 radical (unpaired) electrons. The zero-order chi connectivity index (χ0) is 25.1. The van der Waals surface area contributed by atoms with Gasteiger partial charge in [-0.15, -0.1) is 17.5 Å². The van der Waals surface area contributed by atoms with E-state index < -0.39 is 0 Å². The molecular formula is C33H30SiZr-4. The minimum Gasteiger partial charge on any atom is -0.184 e. The summed E-state index contributed by atoms with van der Waals surface area (Å²) in [5.41, 5.74) is 6.90. The molecule has 0 aromatic heterocycles. The van der Waals surface area contributed by atoms with Crippen molar-refractivity contribution in [1.82, 2.24) is 0 Å². The van der Waals surface area contributed by atoms with E-state index in [1.54, 1.807) is 0 Å². The maximum atomic E-state index is 3.57. The fourth-order valence-corrected chi connectivity index (χ4v) is 3.44. The zero-order valence-electron chi connectivity index (χ0n) is 20.5. The molecule has 0 saturated heterocycles. The molecule has 0 fully saturated rings.